The predicted octanol–water partition coefficient (Wildman–Crippen LogP) is 2.25. The van der Waals surface area contributed by atoms with E-state index < -0.39 is 11.9 Å². The fourth-order valence-electron chi connectivity index (χ4n) is 2.10. The number of esters is 2. The van der Waals surface area contributed by atoms with Crippen molar-refractivity contribution in [2.75, 3.05) is 0 Å². The first-order valence-corrected chi connectivity index (χ1v) is 5.56. The summed E-state index contributed by atoms with van der Waals surface area (Å²) in [7, 11) is 0. The number of rotatable bonds is 4. The van der Waals surface area contributed by atoms with E-state index in [-0.39, 0.29) is 29.2 Å². The summed E-state index contributed by atoms with van der Waals surface area (Å²) in [6.07, 6.45) is 1.86. The Morgan fingerprint density at radius 2 is 2.11 bits per heavy atom. The second-order valence-corrected chi connectivity index (χ2v) is 4.20. The summed E-state index contributed by atoms with van der Waals surface area (Å²) in [6, 6.07) is 4.93. The van der Waals surface area contributed by atoms with Crippen LogP contribution in [0.5, 0.6) is 0 Å². The molecule has 0 fully saturated rings. The molecule has 1 heterocycles. The fraction of sp³-hybridized carbons (Fsp3) is 0.214. The molecule has 0 aromatic heterocycles. The van der Waals surface area contributed by atoms with Crippen LogP contribution in [0.15, 0.2) is 30.9 Å². The van der Waals surface area contributed by atoms with E-state index in [0.29, 0.717) is 5.56 Å². The van der Waals surface area contributed by atoms with E-state index in [9.17, 15) is 14.4 Å². The van der Waals surface area contributed by atoms with Crippen molar-refractivity contribution in [2.45, 2.75) is 19.3 Å². The number of ether oxygens (including phenoxy) is 1. The molecule has 0 saturated heterocycles. The monoisotopic (exact) mass is 244 g/mol. The topological polar surface area (TPSA) is 60.4 Å². The molecular formula is C14H12O4. The normalized spacial score (nSPS) is 14.9. The van der Waals surface area contributed by atoms with Gasteiger partial charge in [-0.25, -0.2) is 9.59 Å². The lowest BCUT2D eigenvalue weighted by molar-refractivity contribution is -0.117. The van der Waals surface area contributed by atoms with Gasteiger partial charge in [-0.2, -0.15) is 0 Å². The van der Waals surface area contributed by atoms with Crippen LogP contribution in [0.25, 0.3) is 0 Å². The molecule has 1 aliphatic rings. The minimum atomic E-state index is -0.652. The molecule has 1 aromatic carbocycles. The highest BCUT2D eigenvalue weighted by Gasteiger charge is 2.33. The maximum absolute atomic E-state index is 11.6. The van der Waals surface area contributed by atoms with Crippen molar-refractivity contribution in [3.63, 3.8) is 0 Å². The zero-order valence-corrected chi connectivity index (χ0v) is 9.93. The summed E-state index contributed by atoms with van der Waals surface area (Å²) >= 11 is 0. The van der Waals surface area contributed by atoms with E-state index >= 15 is 0 Å². The second-order valence-electron chi connectivity index (χ2n) is 4.20. The Morgan fingerprint density at radius 3 is 2.72 bits per heavy atom. The molecule has 1 unspecified atom stereocenters. The lowest BCUT2D eigenvalue weighted by Gasteiger charge is -2.13. The number of allylic oxidation sites excluding steroid dienone is 1. The van der Waals surface area contributed by atoms with Crippen LogP contribution in [-0.4, -0.2) is 17.7 Å². The van der Waals surface area contributed by atoms with Gasteiger partial charge >= 0.3 is 11.9 Å². The van der Waals surface area contributed by atoms with Crippen LogP contribution >= 0.6 is 0 Å². The third kappa shape index (κ3) is 1.97. The predicted molar refractivity (Wildman–Crippen MR) is 64.4 cm³/mol. The third-order valence-electron chi connectivity index (χ3n) is 2.90. The standard InChI is InChI=1S/C14H12O4/c1-3-9(7-8(2)15)10-5-4-6-11-12(10)14(17)18-13(11)16/h3-6,9H,1,7H2,2H3. The molecule has 4 nitrogen and oxygen atoms in total. The summed E-state index contributed by atoms with van der Waals surface area (Å²) in [4.78, 5) is 34.3. The van der Waals surface area contributed by atoms with Crippen molar-refractivity contribution in [2.24, 2.45) is 0 Å². The summed E-state index contributed by atoms with van der Waals surface area (Å²) in [5.41, 5.74) is 1.13. The zero-order valence-electron chi connectivity index (χ0n) is 9.93. The first kappa shape index (κ1) is 12.2. The van der Waals surface area contributed by atoms with Crippen LogP contribution in [-0.2, 0) is 9.53 Å². The van der Waals surface area contributed by atoms with Crippen LogP contribution in [0.4, 0.5) is 0 Å². The van der Waals surface area contributed by atoms with E-state index in [4.69, 9.17) is 0 Å². The average Bonchev–Trinajstić information content (AvgIpc) is 2.62. The molecule has 0 spiro atoms. The highest BCUT2D eigenvalue weighted by molar-refractivity contribution is 6.15. The number of carbonyl (C=O) groups is 3. The molecule has 0 radical (unpaired) electrons. The number of fused-ring (bicyclic) bond motifs is 1. The maximum atomic E-state index is 11.6. The molecule has 1 aromatic rings. The Labute approximate surface area is 104 Å². The summed E-state index contributed by atoms with van der Waals surface area (Å²) in [5.74, 6) is -1.57. The number of cyclic esters (lactones) is 2. The molecule has 1 atom stereocenters. The van der Waals surface area contributed by atoms with E-state index in [1.165, 1.54) is 6.92 Å². The number of ketones is 1. The Balaban J connectivity index is 2.52. The summed E-state index contributed by atoms with van der Waals surface area (Å²) in [6.45, 7) is 5.15. The van der Waals surface area contributed by atoms with Crippen LogP contribution in [0.3, 0.4) is 0 Å². The van der Waals surface area contributed by atoms with Crippen molar-refractivity contribution >= 4 is 17.7 Å². The highest BCUT2D eigenvalue weighted by Crippen LogP contribution is 2.31. The average molecular weight is 244 g/mol. The van der Waals surface area contributed by atoms with Crippen molar-refractivity contribution < 1.29 is 19.1 Å². The Bertz CT molecular complexity index is 557. The number of carbonyl (C=O) groups excluding carboxylic acids is 3. The Hall–Kier alpha value is -2.23. The van der Waals surface area contributed by atoms with Gasteiger partial charge in [-0.05, 0) is 18.6 Å². The zero-order chi connectivity index (χ0) is 13.3. The maximum Gasteiger partial charge on any atom is 0.347 e. The highest BCUT2D eigenvalue weighted by atomic mass is 16.6. The second kappa shape index (κ2) is 4.56. The van der Waals surface area contributed by atoms with Gasteiger partial charge in [0.25, 0.3) is 0 Å². The van der Waals surface area contributed by atoms with Gasteiger partial charge in [0.1, 0.15) is 5.78 Å². The fourth-order valence-corrected chi connectivity index (χ4v) is 2.10. The number of benzene rings is 1. The van der Waals surface area contributed by atoms with Crippen LogP contribution in [0.1, 0.15) is 45.5 Å². The molecule has 0 bridgehead atoms. The van der Waals surface area contributed by atoms with Crippen molar-refractivity contribution in [1.29, 1.82) is 0 Å². The Morgan fingerprint density at radius 1 is 1.39 bits per heavy atom. The van der Waals surface area contributed by atoms with Gasteiger partial charge in [-0.1, -0.05) is 18.2 Å². The molecular weight excluding hydrogens is 232 g/mol. The molecule has 1 aliphatic heterocycles. The largest absolute Gasteiger partial charge is 0.386 e. The van der Waals surface area contributed by atoms with Crippen LogP contribution in [0, 0.1) is 0 Å². The minimum Gasteiger partial charge on any atom is -0.386 e. The third-order valence-corrected chi connectivity index (χ3v) is 2.90. The molecule has 0 aliphatic carbocycles. The van der Waals surface area contributed by atoms with E-state index in [1.807, 2.05) is 0 Å². The van der Waals surface area contributed by atoms with E-state index in [2.05, 4.69) is 11.3 Å². The molecule has 92 valence electrons. The molecule has 0 N–H and O–H groups in total. The molecule has 18 heavy (non-hydrogen) atoms. The SMILES string of the molecule is C=CC(CC(C)=O)c1cccc2c1C(=O)OC2=O. The first-order chi connectivity index (χ1) is 8.54. The number of hydrogen-bond donors (Lipinski definition) is 0. The Kier molecular flexibility index (Phi) is 3.10. The number of Topliss-reactive ketones (excluding diaryl/α,β-unsaturated/α-hetero) is 1. The van der Waals surface area contributed by atoms with Gasteiger partial charge in [-0.15, -0.1) is 6.58 Å². The summed E-state index contributed by atoms with van der Waals surface area (Å²) < 4.78 is 4.57. The molecule has 4 heteroatoms. The lowest BCUT2D eigenvalue weighted by Crippen LogP contribution is -2.07. The van der Waals surface area contributed by atoms with Crippen molar-refractivity contribution in [1.82, 2.24) is 0 Å². The number of hydrogen-bond acceptors (Lipinski definition) is 4. The van der Waals surface area contributed by atoms with Crippen molar-refractivity contribution in [3.05, 3.63) is 47.5 Å². The van der Waals surface area contributed by atoms with Gasteiger partial charge < -0.3 is 4.74 Å². The van der Waals surface area contributed by atoms with Crippen LogP contribution in [0.2, 0.25) is 0 Å². The van der Waals surface area contributed by atoms with Crippen molar-refractivity contribution in [3.8, 4) is 0 Å². The van der Waals surface area contributed by atoms with Crippen LogP contribution < -0.4 is 0 Å². The van der Waals surface area contributed by atoms with E-state index in [1.54, 1.807) is 24.3 Å². The van der Waals surface area contributed by atoms with Gasteiger partial charge in [0, 0.05) is 12.3 Å². The molecule has 2 rings (SSSR count). The quantitative estimate of drug-likeness (QED) is 0.463. The smallest absolute Gasteiger partial charge is 0.347 e. The van der Waals surface area contributed by atoms with Gasteiger partial charge in [0.15, 0.2) is 0 Å². The lowest BCUT2D eigenvalue weighted by atomic mass is 9.89. The molecule has 0 saturated carbocycles. The minimum absolute atomic E-state index is 0.00445. The van der Waals surface area contributed by atoms with E-state index in [0.717, 1.165) is 0 Å². The summed E-state index contributed by atoms with van der Waals surface area (Å²) in [5, 5.41) is 0. The van der Waals surface area contributed by atoms with Gasteiger partial charge in [0.2, 0.25) is 0 Å². The van der Waals surface area contributed by atoms with Gasteiger partial charge in [0.05, 0.1) is 11.1 Å². The molecule has 0 amide bonds. The van der Waals surface area contributed by atoms with Gasteiger partial charge in [-0.3, -0.25) is 4.79 Å². The first-order valence-electron chi connectivity index (χ1n) is 5.56.